The molecular formula is C48H36N3OP. The van der Waals surface area contributed by atoms with Crippen LogP contribution in [0.2, 0.25) is 0 Å². The summed E-state index contributed by atoms with van der Waals surface area (Å²) >= 11 is 0. The Morgan fingerprint density at radius 1 is 0.396 bits per heavy atom. The number of fused-ring (bicyclic) bond motifs is 3. The fourth-order valence-corrected chi connectivity index (χ4v) is 8.70. The standard InChI is InChI=1S/C48H36N3OP/c1-53(2,52)40-25-15-24-39(32-40)48(43-28-11-9-26-41(43)42-27-10-12-29-44(42)48)38-23-14-22-37(31-38)47-50-45(34-18-7-4-8-19-34)49-46(51-47)36-21-13-20-35(30-36)33-16-5-3-6-17-33/h3-32H,1-2H3. The molecule has 0 saturated heterocycles. The molecule has 254 valence electrons. The van der Waals surface area contributed by atoms with Crippen molar-refractivity contribution in [2.75, 3.05) is 13.3 Å². The van der Waals surface area contributed by atoms with Crippen molar-refractivity contribution >= 4 is 12.4 Å². The summed E-state index contributed by atoms with van der Waals surface area (Å²) < 4.78 is 13.5. The van der Waals surface area contributed by atoms with Gasteiger partial charge in [0.1, 0.15) is 7.14 Å². The smallest absolute Gasteiger partial charge is 0.164 e. The lowest BCUT2D eigenvalue weighted by atomic mass is 9.67. The van der Waals surface area contributed by atoms with Crippen molar-refractivity contribution in [1.29, 1.82) is 0 Å². The zero-order chi connectivity index (χ0) is 36.0. The van der Waals surface area contributed by atoms with Gasteiger partial charge in [0.05, 0.1) is 5.41 Å². The Kier molecular flexibility index (Phi) is 8.06. The molecule has 0 spiro atoms. The van der Waals surface area contributed by atoms with Crippen LogP contribution in [0.3, 0.4) is 0 Å². The highest BCUT2D eigenvalue weighted by molar-refractivity contribution is 7.70. The van der Waals surface area contributed by atoms with Crippen molar-refractivity contribution in [1.82, 2.24) is 15.0 Å². The van der Waals surface area contributed by atoms with Crippen LogP contribution >= 0.6 is 7.14 Å². The average molecular weight is 702 g/mol. The summed E-state index contributed by atoms with van der Waals surface area (Å²) in [5.41, 5.74) is 11.2. The van der Waals surface area contributed by atoms with Gasteiger partial charge in [-0.25, -0.2) is 15.0 Å². The number of aromatic nitrogens is 3. The molecule has 0 unspecified atom stereocenters. The van der Waals surface area contributed by atoms with E-state index < -0.39 is 12.6 Å². The van der Waals surface area contributed by atoms with E-state index in [4.69, 9.17) is 15.0 Å². The van der Waals surface area contributed by atoms with Crippen LogP contribution in [0, 0.1) is 0 Å². The van der Waals surface area contributed by atoms with E-state index in [1.165, 1.54) is 22.3 Å². The first-order chi connectivity index (χ1) is 25.9. The van der Waals surface area contributed by atoms with Gasteiger partial charge in [-0.3, -0.25) is 0 Å². The number of hydrogen-bond donors (Lipinski definition) is 0. The van der Waals surface area contributed by atoms with Gasteiger partial charge in [-0.15, -0.1) is 0 Å². The molecule has 1 aromatic heterocycles. The van der Waals surface area contributed by atoms with E-state index in [9.17, 15) is 4.57 Å². The third kappa shape index (κ3) is 5.73. The van der Waals surface area contributed by atoms with Crippen molar-refractivity contribution < 1.29 is 4.57 Å². The predicted octanol–water partition coefficient (Wildman–Crippen LogP) is 11.2. The molecule has 1 aliphatic rings. The SMILES string of the molecule is CP(C)(=O)c1cccc(C2(c3cccc(-c4nc(-c5ccccc5)nc(-c5cccc(-c6ccccc6)c5)n4)c3)c3ccccc3-c3ccccc32)c1. The number of hydrogen-bond acceptors (Lipinski definition) is 4. The van der Waals surface area contributed by atoms with Gasteiger partial charge < -0.3 is 4.57 Å². The van der Waals surface area contributed by atoms with Gasteiger partial charge in [-0.2, -0.15) is 0 Å². The van der Waals surface area contributed by atoms with Gasteiger partial charge in [-0.05, 0) is 76.0 Å². The van der Waals surface area contributed by atoms with Crippen molar-refractivity contribution in [2.45, 2.75) is 5.41 Å². The van der Waals surface area contributed by atoms with Gasteiger partial charge in [0.15, 0.2) is 17.5 Å². The molecule has 0 amide bonds. The second-order valence-corrected chi connectivity index (χ2v) is 17.2. The Bertz CT molecular complexity index is 2640. The van der Waals surface area contributed by atoms with Gasteiger partial charge >= 0.3 is 0 Å². The van der Waals surface area contributed by atoms with E-state index in [1.807, 2.05) is 61.9 Å². The molecule has 9 rings (SSSR count). The van der Waals surface area contributed by atoms with Crippen LogP contribution in [0.4, 0.5) is 0 Å². The average Bonchev–Trinajstić information content (AvgIpc) is 3.52. The van der Waals surface area contributed by atoms with Crippen LogP contribution in [-0.4, -0.2) is 28.3 Å². The molecule has 4 nitrogen and oxygen atoms in total. The highest BCUT2D eigenvalue weighted by atomic mass is 31.2. The molecule has 0 saturated carbocycles. The Hall–Kier alpha value is -6.22. The first-order valence-electron chi connectivity index (χ1n) is 17.8. The molecule has 53 heavy (non-hydrogen) atoms. The maximum absolute atomic E-state index is 13.5. The second-order valence-electron chi connectivity index (χ2n) is 13.9. The largest absolute Gasteiger partial charge is 0.319 e. The fourth-order valence-electron chi connectivity index (χ4n) is 7.81. The summed E-state index contributed by atoms with van der Waals surface area (Å²) in [5.74, 6) is 1.82. The summed E-state index contributed by atoms with van der Waals surface area (Å²) in [7, 11) is -2.55. The van der Waals surface area contributed by atoms with Crippen LogP contribution in [0.25, 0.3) is 56.4 Å². The van der Waals surface area contributed by atoms with Crippen molar-refractivity contribution in [2.24, 2.45) is 0 Å². The lowest BCUT2D eigenvalue weighted by molar-refractivity contribution is 0.588. The van der Waals surface area contributed by atoms with Gasteiger partial charge in [0.2, 0.25) is 0 Å². The van der Waals surface area contributed by atoms with E-state index in [1.54, 1.807) is 0 Å². The lowest BCUT2D eigenvalue weighted by Crippen LogP contribution is -2.29. The summed E-state index contributed by atoms with van der Waals surface area (Å²) in [6.45, 7) is 3.68. The molecule has 0 aliphatic heterocycles. The third-order valence-electron chi connectivity index (χ3n) is 10.3. The van der Waals surface area contributed by atoms with Crippen molar-refractivity contribution in [3.05, 3.63) is 204 Å². The molecule has 1 heterocycles. The minimum atomic E-state index is -2.55. The molecule has 0 bridgehead atoms. The van der Waals surface area contributed by atoms with Crippen LogP contribution in [-0.2, 0) is 9.98 Å². The second kappa shape index (κ2) is 13.1. The van der Waals surface area contributed by atoms with E-state index in [2.05, 4.69) is 133 Å². The molecule has 0 radical (unpaired) electrons. The first kappa shape index (κ1) is 32.7. The number of benzene rings is 7. The monoisotopic (exact) mass is 701 g/mol. The minimum Gasteiger partial charge on any atom is -0.319 e. The van der Waals surface area contributed by atoms with E-state index >= 15 is 0 Å². The van der Waals surface area contributed by atoms with Gasteiger partial charge in [0.25, 0.3) is 0 Å². The Balaban J connectivity index is 1.28. The topological polar surface area (TPSA) is 55.7 Å². The molecule has 5 heteroatoms. The molecule has 8 aromatic rings. The highest BCUT2D eigenvalue weighted by Gasteiger charge is 2.46. The Labute approximate surface area is 310 Å². The maximum Gasteiger partial charge on any atom is 0.164 e. The maximum atomic E-state index is 13.5. The van der Waals surface area contributed by atoms with E-state index in [-0.39, 0.29) is 0 Å². The number of nitrogens with zero attached hydrogens (tertiary/aromatic N) is 3. The van der Waals surface area contributed by atoms with Crippen LogP contribution < -0.4 is 5.30 Å². The highest BCUT2D eigenvalue weighted by Crippen LogP contribution is 2.56. The summed E-state index contributed by atoms with van der Waals surface area (Å²) in [6, 6.07) is 63.2. The zero-order valence-electron chi connectivity index (χ0n) is 29.5. The lowest BCUT2D eigenvalue weighted by Gasteiger charge is -2.34. The van der Waals surface area contributed by atoms with Crippen molar-refractivity contribution in [3.8, 4) is 56.4 Å². The fraction of sp³-hybridized carbons (Fsp3) is 0.0625. The summed E-state index contributed by atoms with van der Waals surface area (Å²) in [5, 5.41) is 0.861. The zero-order valence-corrected chi connectivity index (χ0v) is 30.4. The summed E-state index contributed by atoms with van der Waals surface area (Å²) in [4.78, 5) is 15.3. The molecule has 0 N–H and O–H groups in total. The first-order valence-corrected chi connectivity index (χ1v) is 20.4. The Morgan fingerprint density at radius 2 is 0.830 bits per heavy atom. The van der Waals surface area contributed by atoms with Crippen molar-refractivity contribution in [3.63, 3.8) is 0 Å². The van der Waals surface area contributed by atoms with E-state index in [0.717, 1.165) is 44.2 Å². The van der Waals surface area contributed by atoms with Crippen LogP contribution in [0.5, 0.6) is 0 Å². The molecule has 0 atom stereocenters. The molecule has 0 fully saturated rings. The minimum absolute atomic E-state index is 0.593. The summed E-state index contributed by atoms with van der Waals surface area (Å²) in [6.07, 6.45) is 0. The van der Waals surface area contributed by atoms with E-state index in [0.29, 0.717) is 17.5 Å². The normalized spacial score (nSPS) is 12.9. The quantitative estimate of drug-likeness (QED) is 0.155. The van der Waals surface area contributed by atoms with Crippen LogP contribution in [0.15, 0.2) is 182 Å². The van der Waals surface area contributed by atoms with Gasteiger partial charge in [-0.1, -0.05) is 164 Å². The molecule has 1 aliphatic carbocycles. The molecule has 7 aromatic carbocycles. The molecular weight excluding hydrogens is 666 g/mol. The van der Waals surface area contributed by atoms with Gasteiger partial charge in [0, 0.05) is 22.0 Å². The third-order valence-corrected chi connectivity index (χ3v) is 11.8. The van der Waals surface area contributed by atoms with Crippen LogP contribution in [0.1, 0.15) is 22.3 Å². The Morgan fingerprint density at radius 3 is 1.43 bits per heavy atom. The number of rotatable bonds is 7. The predicted molar refractivity (Wildman–Crippen MR) is 218 cm³/mol.